The van der Waals surface area contributed by atoms with Crippen molar-refractivity contribution in [3.8, 4) is 6.07 Å². The number of hydrogen-bond acceptors (Lipinski definition) is 5. The van der Waals surface area contributed by atoms with Crippen LogP contribution in [0, 0.1) is 11.3 Å². The lowest BCUT2D eigenvalue weighted by Crippen LogP contribution is -2.34. The minimum Gasteiger partial charge on any atom is -0.399 e. The summed E-state index contributed by atoms with van der Waals surface area (Å²) in [4.78, 5) is 17.0. The molecule has 0 aliphatic carbocycles. The number of amides is 1. The quantitative estimate of drug-likeness (QED) is 0.795. The molecule has 6 nitrogen and oxygen atoms in total. The van der Waals surface area contributed by atoms with Crippen LogP contribution in [0.1, 0.15) is 11.3 Å². The number of anilines is 2. The van der Waals surface area contributed by atoms with Gasteiger partial charge in [0.2, 0.25) is 5.91 Å². The molecule has 6 heteroatoms. The molecule has 4 N–H and O–H groups in total. The average Bonchev–Trinajstić information content (AvgIpc) is 2.46. The van der Waals surface area contributed by atoms with Gasteiger partial charge >= 0.3 is 0 Å². The number of nitrogen functional groups attached to an aromatic ring is 1. The summed E-state index contributed by atoms with van der Waals surface area (Å²) < 4.78 is 0. The highest BCUT2D eigenvalue weighted by Gasteiger charge is 2.14. The molecule has 0 unspecified atom stereocenters. The zero-order valence-electron chi connectivity index (χ0n) is 11.4. The first-order valence-electron chi connectivity index (χ1n) is 6.33. The number of pyridine rings is 1. The van der Waals surface area contributed by atoms with Gasteiger partial charge in [0.05, 0.1) is 12.2 Å². The van der Waals surface area contributed by atoms with E-state index in [0.717, 1.165) is 5.56 Å². The average molecular weight is 281 g/mol. The Kier molecular flexibility index (Phi) is 4.36. The van der Waals surface area contributed by atoms with Crippen molar-refractivity contribution >= 4 is 17.3 Å². The maximum atomic E-state index is 11.3. The molecule has 21 heavy (non-hydrogen) atoms. The molecule has 2 aromatic rings. The van der Waals surface area contributed by atoms with E-state index >= 15 is 0 Å². The second-order valence-electron chi connectivity index (χ2n) is 4.55. The van der Waals surface area contributed by atoms with Crippen molar-refractivity contribution in [2.45, 2.75) is 6.54 Å². The molecule has 1 aromatic carbocycles. The first-order chi connectivity index (χ1) is 10.1. The fraction of sp³-hybridized carbons (Fsp3) is 0.133. The van der Waals surface area contributed by atoms with Gasteiger partial charge in [0.25, 0.3) is 0 Å². The third-order valence-electron chi connectivity index (χ3n) is 2.90. The maximum absolute atomic E-state index is 11.3. The summed E-state index contributed by atoms with van der Waals surface area (Å²) in [6.07, 6.45) is 1.53. The van der Waals surface area contributed by atoms with Gasteiger partial charge in [0.15, 0.2) is 5.69 Å². The van der Waals surface area contributed by atoms with E-state index in [1.165, 1.54) is 6.20 Å². The van der Waals surface area contributed by atoms with Crippen molar-refractivity contribution in [3.05, 3.63) is 53.9 Å². The lowest BCUT2D eigenvalue weighted by molar-refractivity contribution is -0.116. The third kappa shape index (κ3) is 3.70. The Morgan fingerprint density at radius 2 is 2.14 bits per heavy atom. The SMILES string of the molecule is N#Cc1ncccc1N(CC(N)=O)Cc1cccc(N)c1. The Morgan fingerprint density at radius 1 is 1.33 bits per heavy atom. The van der Waals surface area contributed by atoms with Gasteiger partial charge in [0, 0.05) is 18.4 Å². The van der Waals surface area contributed by atoms with Crippen LogP contribution in [-0.4, -0.2) is 17.4 Å². The Balaban J connectivity index is 2.35. The predicted octanol–water partition coefficient (Wildman–Crippen LogP) is 1.03. The van der Waals surface area contributed by atoms with Crippen molar-refractivity contribution in [2.75, 3.05) is 17.2 Å². The van der Waals surface area contributed by atoms with Gasteiger partial charge in [-0.1, -0.05) is 12.1 Å². The molecule has 1 amide bonds. The van der Waals surface area contributed by atoms with Gasteiger partial charge in [-0.25, -0.2) is 4.98 Å². The second-order valence-corrected chi connectivity index (χ2v) is 4.55. The number of carbonyl (C=O) groups excluding carboxylic acids is 1. The number of aromatic nitrogens is 1. The van der Waals surface area contributed by atoms with Crippen LogP contribution < -0.4 is 16.4 Å². The molecule has 1 aromatic heterocycles. The van der Waals surface area contributed by atoms with E-state index in [4.69, 9.17) is 16.7 Å². The van der Waals surface area contributed by atoms with Crippen molar-refractivity contribution in [3.63, 3.8) is 0 Å². The van der Waals surface area contributed by atoms with Crippen LogP contribution >= 0.6 is 0 Å². The molecule has 0 bridgehead atoms. The highest BCUT2D eigenvalue weighted by atomic mass is 16.1. The Bertz CT molecular complexity index is 692. The summed E-state index contributed by atoms with van der Waals surface area (Å²) >= 11 is 0. The van der Waals surface area contributed by atoms with E-state index < -0.39 is 5.91 Å². The van der Waals surface area contributed by atoms with E-state index in [2.05, 4.69) is 4.98 Å². The van der Waals surface area contributed by atoms with E-state index in [1.807, 2.05) is 24.3 Å². The first kappa shape index (κ1) is 14.3. The molecule has 0 saturated carbocycles. The van der Waals surface area contributed by atoms with Crippen molar-refractivity contribution in [2.24, 2.45) is 5.73 Å². The van der Waals surface area contributed by atoms with Gasteiger partial charge in [-0.05, 0) is 29.8 Å². The van der Waals surface area contributed by atoms with E-state index in [1.54, 1.807) is 23.1 Å². The van der Waals surface area contributed by atoms with Gasteiger partial charge in [-0.15, -0.1) is 0 Å². The molecule has 106 valence electrons. The molecular formula is C15H15N5O. The molecule has 0 spiro atoms. The fourth-order valence-corrected chi connectivity index (χ4v) is 2.06. The molecule has 1 heterocycles. The van der Waals surface area contributed by atoms with Crippen LogP contribution in [0.15, 0.2) is 42.6 Å². The number of hydrogen-bond donors (Lipinski definition) is 2. The van der Waals surface area contributed by atoms with E-state index in [-0.39, 0.29) is 12.2 Å². The topological polar surface area (TPSA) is 109 Å². The van der Waals surface area contributed by atoms with Gasteiger partial charge in [-0.2, -0.15) is 5.26 Å². The molecule has 0 aliphatic heterocycles. The normalized spacial score (nSPS) is 9.86. The zero-order chi connectivity index (χ0) is 15.2. The summed E-state index contributed by atoms with van der Waals surface area (Å²) in [6, 6.07) is 12.8. The Morgan fingerprint density at radius 3 is 2.81 bits per heavy atom. The highest BCUT2D eigenvalue weighted by molar-refractivity contribution is 5.80. The van der Waals surface area contributed by atoms with Crippen molar-refractivity contribution < 1.29 is 4.79 Å². The zero-order valence-corrected chi connectivity index (χ0v) is 11.4. The molecular weight excluding hydrogens is 266 g/mol. The van der Waals surface area contributed by atoms with Crippen LogP contribution in [0.3, 0.4) is 0 Å². The number of nitrogens with two attached hydrogens (primary N) is 2. The summed E-state index contributed by atoms with van der Waals surface area (Å²) in [7, 11) is 0. The Hall–Kier alpha value is -3.07. The van der Waals surface area contributed by atoms with Crippen molar-refractivity contribution in [1.29, 1.82) is 5.26 Å². The van der Waals surface area contributed by atoms with Gasteiger partial charge in [-0.3, -0.25) is 4.79 Å². The minimum atomic E-state index is -0.480. The van der Waals surface area contributed by atoms with Crippen LogP contribution in [0.5, 0.6) is 0 Å². The standard InChI is InChI=1S/C15H15N5O/c16-8-13-14(5-2-6-19-13)20(10-15(18)21)9-11-3-1-4-12(17)7-11/h1-7H,9-10,17H2,(H2,18,21). The number of carbonyl (C=O) groups is 1. The summed E-state index contributed by atoms with van der Waals surface area (Å²) in [5, 5.41) is 9.14. The third-order valence-corrected chi connectivity index (χ3v) is 2.90. The van der Waals surface area contributed by atoms with Crippen molar-refractivity contribution in [1.82, 2.24) is 4.98 Å². The number of benzene rings is 1. The summed E-state index contributed by atoms with van der Waals surface area (Å²) in [6.45, 7) is 0.406. The second kappa shape index (κ2) is 6.39. The number of rotatable bonds is 5. The van der Waals surface area contributed by atoms with Crippen LogP contribution in [0.4, 0.5) is 11.4 Å². The molecule has 0 radical (unpaired) electrons. The highest BCUT2D eigenvalue weighted by Crippen LogP contribution is 2.20. The Labute approximate surface area is 122 Å². The minimum absolute atomic E-state index is 0.00479. The monoisotopic (exact) mass is 281 g/mol. The van der Waals surface area contributed by atoms with Crippen LogP contribution in [0.25, 0.3) is 0 Å². The van der Waals surface area contributed by atoms with E-state index in [9.17, 15) is 4.79 Å². The molecule has 0 saturated heterocycles. The molecule has 0 atom stereocenters. The predicted molar refractivity (Wildman–Crippen MR) is 80.1 cm³/mol. The smallest absolute Gasteiger partial charge is 0.236 e. The largest absolute Gasteiger partial charge is 0.399 e. The number of primary amides is 1. The summed E-state index contributed by atoms with van der Waals surface area (Å²) in [5.74, 6) is -0.480. The first-order valence-corrected chi connectivity index (χ1v) is 6.33. The lowest BCUT2D eigenvalue weighted by Gasteiger charge is -2.24. The maximum Gasteiger partial charge on any atom is 0.236 e. The molecule has 0 fully saturated rings. The van der Waals surface area contributed by atoms with Crippen LogP contribution in [-0.2, 0) is 11.3 Å². The number of nitrogens with zero attached hydrogens (tertiary/aromatic N) is 3. The molecule has 2 rings (SSSR count). The van der Waals surface area contributed by atoms with Crippen LogP contribution in [0.2, 0.25) is 0 Å². The van der Waals surface area contributed by atoms with Gasteiger partial charge < -0.3 is 16.4 Å². The number of nitriles is 1. The lowest BCUT2D eigenvalue weighted by atomic mass is 10.1. The summed E-state index contributed by atoms with van der Waals surface area (Å²) in [5.41, 5.74) is 13.4. The van der Waals surface area contributed by atoms with Gasteiger partial charge in [0.1, 0.15) is 6.07 Å². The van der Waals surface area contributed by atoms with E-state index in [0.29, 0.717) is 17.9 Å². The fourth-order valence-electron chi connectivity index (χ4n) is 2.06. The molecule has 0 aliphatic rings.